The highest BCUT2D eigenvalue weighted by Gasteiger charge is 2.11. The maximum atomic E-state index is 5.64. The maximum Gasteiger partial charge on any atom is 0.140 e. The summed E-state index contributed by atoms with van der Waals surface area (Å²) in [6.45, 7) is 2.80. The standard InChI is InChI=1S/C17H19N3/c1-12-5-3-8-15-16(12)20(2)17(19-15)14-7-4-6-13(11-14)9-10-18/h3-8,11H,9-10,18H2,1-2H3. The number of hydrogen-bond donors (Lipinski definition) is 1. The topological polar surface area (TPSA) is 43.8 Å². The highest BCUT2D eigenvalue weighted by Crippen LogP contribution is 2.26. The zero-order valence-electron chi connectivity index (χ0n) is 11.9. The van der Waals surface area contributed by atoms with E-state index in [1.807, 2.05) is 0 Å². The molecule has 0 radical (unpaired) electrons. The fourth-order valence-electron chi connectivity index (χ4n) is 2.76. The Morgan fingerprint density at radius 2 is 1.95 bits per heavy atom. The summed E-state index contributed by atoms with van der Waals surface area (Å²) in [4.78, 5) is 4.78. The Labute approximate surface area is 119 Å². The number of nitrogens with zero attached hydrogens (tertiary/aromatic N) is 2. The van der Waals surface area contributed by atoms with E-state index in [9.17, 15) is 0 Å². The summed E-state index contributed by atoms with van der Waals surface area (Å²) in [5.74, 6) is 1.01. The van der Waals surface area contributed by atoms with Crippen LogP contribution in [0, 0.1) is 6.92 Å². The Hall–Kier alpha value is -2.13. The smallest absolute Gasteiger partial charge is 0.140 e. The molecular formula is C17H19N3. The van der Waals surface area contributed by atoms with Gasteiger partial charge in [-0.15, -0.1) is 0 Å². The molecule has 1 aromatic heterocycles. The van der Waals surface area contributed by atoms with Crippen molar-refractivity contribution in [3.8, 4) is 11.4 Å². The first-order valence-electron chi connectivity index (χ1n) is 6.92. The molecule has 0 saturated carbocycles. The zero-order chi connectivity index (χ0) is 14.1. The van der Waals surface area contributed by atoms with E-state index in [4.69, 9.17) is 10.7 Å². The SMILES string of the molecule is Cc1cccc2nc(-c3cccc(CCN)c3)n(C)c12. The molecule has 2 aromatic carbocycles. The zero-order valence-corrected chi connectivity index (χ0v) is 11.9. The van der Waals surface area contributed by atoms with Crippen LogP contribution in [-0.2, 0) is 13.5 Å². The number of aromatic nitrogens is 2. The molecule has 3 rings (SSSR count). The van der Waals surface area contributed by atoms with Crippen molar-refractivity contribution in [2.75, 3.05) is 6.54 Å². The number of aryl methyl sites for hydroxylation is 2. The average molecular weight is 265 g/mol. The normalized spacial score (nSPS) is 11.2. The molecule has 0 spiro atoms. The Kier molecular flexibility index (Phi) is 3.28. The fourth-order valence-corrected chi connectivity index (χ4v) is 2.76. The number of benzene rings is 2. The van der Waals surface area contributed by atoms with Gasteiger partial charge in [0.15, 0.2) is 0 Å². The second-order valence-electron chi connectivity index (χ2n) is 5.18. The van der Waals surface area contributed by atoms with Crippen LogP contribution in [0.2, 0.25) is 0 Å². The molecule has 102 valence electrons. The van der Waals surface area contributed by atoms with Crippen LogP contribution in [0.3, 0.4) is 0 Å². The highest BCUT2D eigenvalue weighted by atomic mass is 15.1. The summed E-state index contributed by atoms with van der Waals surface area (Å²) in [6.07, 6.45) is 0.900. The van der Waals surface area contributed by atoms with Crippen molar-refractivity contribution in [1.29, 1.82) is 0 Å². The lowest BCUT2D eigenvalue weighted by Crippen LogP contribution is -2.02. The van der Waals surface area contributed by atoms with Crippen molar-refractivity contribution in [2.45, 2.75) is 13.3 Å². The maximum absolute atomic E-state index is 5.64. The molecule has 0 unspecified atom stereocenters. The average Bonchev–Trinajstić information content (AvgIpc) is 2.78. The molecule has 2 N–H and O–H groups in total. The van der Waals surface area contributed by atoms with E-state index in [1.165, 1.54) is 16.6 Å². The van der Waals surface area contributed by atoms with Crippen molar-refractivity contribution in [3.05, 3.63) is 53.6 Å². The van der Waals surface area contributed by atoms with Crippen LogP contribution < -0.4 is 5.73 Å². The Morgan fingerprint density at radius 1 is 1.15 bits per heavy atom. The van der Waals surface area contributed by atoms with Gasteiger partial charge >= 0.3 is 0 Å². The van der Waals surface area contributed by atoms with Crippen LogP contribution in [0.15, 0.2) is 42.5 Å². The lowest BCUT2D eigenvalue weighted by molar-refractivity contribution is 0.948. The molecule has 0 fully saturated rings. The number of rotatable bonds is 3. The van der Waals surface area contributed by atoms with Crippen LogP contribution in [0.1, 0.15) is 11.1 Å². The minimum atomic E-state index is 0.672. The van der Waals surface area contributed by atoms with E-state index >= 15 is 0 Å². The van der Waals surface area contributed by atoms with Crippen LogP contribution in [0.4, 0.5) is 0 Å². The fraction of sp³-hybridized carbons (Fsp3) is 0.235. The van der Waals surface area contributed by atoms with Crippen LogP contribution in [0.25, 0.3) is 22.4 Å². The van der Waals surface area contributed by atoms with Gasteiger partial charge in [0.05, 0.1) is 11.0 Å². The minimum Gasteiger partial charge on any atom is -0.330 e. The van der Waals surface area contributed by atoms with Gasteiger partial charge in [0, 0.05) is 12.6 Å². The number of hydrogen-bond acceptors (Lipinski definition) is 2. The van der Waals surface area contributed by atoms with Crippen molar-refractivity contribution in [2.24, 2.45) is 12.8 Å². The van der Waals surface area contributed by atoms with Crippen LogP contribution >= 0.6 is 0 Å². The van der Waals surface area contributed by atoms with Gasteiger partial charge < -0.3 is 10.3 Å². The van der Waals surface area contributed by atoms with E-state index in [-0.39, 0.29) is 0 Å². The second-order valence-corrected chi connectivity index (χ2v) is 5.18. The van der Waals surface area contributed by atoms with Crippen molar-refractivity contribution >= 4 is 11.0 Å². The molecule has 0 aliphatic carbocycles. The molecule has 20 heavy (non-hydrogen) atoms. The quantitative estimate of drug-likeness (QED) is 0.791. The predicted molar refractivity (Wildman–Crippen MR) is 83.6 cm³/mol. The number of imidazole rings is 1. The van der Waals surface area contributed by atoms with Gasteiger partial charge in [-0.05, 0) is 43.1 Å². The summed E-state index contributed by atoms with van der Waals surface area (Å²) in [5.41, 5.74) is 11.5. The van der Waals surface area contributed by atoms with Gasteiger partial charge in [-0.1, -0.05) is 30.3 Å². The Bertz CT molecular complexity index is 756. The van der Waals surface area contributed by atoms with E-state index < -0.39 is 0 Å². The van der Waals surface area contributed by atoms with Gasteiger partial charge in [0.2, 0.25) is 0 Å². The van der Waals surface area contributed by atoms with E-state index in [1.54, 1.807) is 0 Å². The molecule has 0 saturated heterocycles. The van der Waals surface area contributed by atoms with E-state index in [0.29, 0.717) is 6.54 Å². The first kappa shape index (κ1) is 12.9. The molecule has 3 heteroatoms. The third-order valence-electron chi connectivity index (χ3n) is 3.71. The number of fused-ring (bicyclic) bond motifs is 1. The second kappa shape index (κ2) is 5.10. The van der Waals surface area contributed by atoms with Gasteiger partial charge in [-0.25, -0.2) is 4.98 Å². The minimum absolute atomic E-state index is 0.672. The van der Waals surface area contributed by atoms with Crippen molar-refractivity contribution in [1.82, 2.24) is 9.55 Å². The third-order valence-corrected chi connectivity index (χ3v) is 3.71. The third kappa shape index (κ3) is 2.10. The molecule has 0 amide bonds. The summed E-state index contributed by atoms with van der Waals surface area (Å²) in [5, 5.41) is 0. The molecule has 3 nitrogen and oxygen atoms in total. The summed E-state index contributed by atoms with van der Waals surface area (Å²) in [7, 11) is 2.08. The van der Waals surface area contributed by atoms with Crippen molar-refractivity contribution < 1.29 is 0 Å². The summed E-state index contributed by atoms with van der Waals surface area (Å²) < 4.78 is 2.17. The Morgan fingerprint density at radius 3 is 2.70 bits per heavy atom. The molecule has 1 heterocycles. The molecule has 0 aliphatic rings. The van der Waals surface area contributed by atoms with Crippen LogP contribution in [0.5, 0.6) is 0 Å². The first-order valence-corrected chi connectivity index (χ1v) is 6.92. The number of nitrogens with two attached hydrogens (primary N) is 1. The summed E-state index contributed by atoms with van der Waals surface area (Å²) >= 11 is 0. The molecular weight excluding hydrogens is 246 g/mol. The van der Waals surface area contributed by atoms with Crippen molar-refractivity contribution in [3.63, 3.8) is 0 Å². The Balaban J connectivity index is 2.17. The summed E-state index contributed by atoms with van der Waals surface area (Å²) in [6, 6.07) is 14.7. The van der Waals surface area contributed by atoms with Gasteiger partial charge in [0.25, 0.3) is 0 Å². The monoisotopic (exact) mass is 265 g/mol. The number of para-hydroxylation sites is 1. The van der Waals surface area contributed by atoms with E-state index in [0.717, 1.165) is 23.3 Å². The van der Waals surface area contributed by atoms with Gasteiger partial charge in [-0.2, -0.15) is 0 Å². The molecule has 0 bridgehead atoms. The lowest BCUT2D eigenvalue weighted by atomic mass is 10.1. The van der Waals surface area contributed by atoms with Gasteiger partial charge in [0.1, 0.15) is 5.82 Å². The van der Waals surface area contributed by atoms with Gasteiger partial charge in [-0.3, -0.25) is 0 Å². The van der Waals surface area contributed by atoms with Crippen LogP contribution in [-0.4, -0.2) is 16.1 Å². The van der Waals surface area contributed by atoms with E-state index in [2.05, 4.69) is 61.0 Å². The molecule has 3 aromatic rings. The largest absolute Gasteiger partial charge is 0.330 e. The lowest BCUT2D eigenvalue weighted by Gasteiger charge is -2.06. The predicted octanol–water partition coefficient (Wildman–Crippen LogP) is 3.05. The molecule has 0 atom stereocenters. The highest BCUT2D eigenvalue weighted by molar-refractivity contribution is 5.83. The molecule has 0 aliphatic heterocycles. The first-order chi connectivity index (χ1) is 9.70.